The van der Waals surface area contributed by atoms with Gasteiger partial charge in [0.15, 0.2) is 5.83 Å². The normalized spacial score (nSPS) is 11.9. The summed E-state index contributed by atoms with van der Waals surface area (Å²) in [6.07, 6.45) is 0. The van der Waals surface area contributed by atoms with E-state index in [1.165, 1.54) is 12.1 Å². The quantitative estimate of drug-likeness (QED) is 0.539. The zero-order valence-corrected chi connectivity index (χ0v) is 7.46. The van der Waals surface area contributed by atoms with E-state index in [-0.39, 0.29) is 5.56 Å². The van der Waals surface area contributed by atoms with Crippen LogP contribution in [0.15, 0.2) is 36.2 Å². The number of carbonyl (C=O) groups is 1. The van der Waals surface area contributed by atoms with Gasteiger partial charge in [-0.25, -0.2) is 9.18 Å². The van der Waals surface area contributed by atoms with Crippen LogP contribution < -0.4 is 0 Å². The standard InChI is InChI=1S/C10H8F2O2/c1-14-10(13)9(12)8(11)7-5-3-2-4-6-7/h2-6H,1H3. The number of carbonyl (C=O) groups excluding carboxylic acids is 1. The largest absolute Gasteiger partial charge is 0.464 e. The summed E-state index contributed by atoms with van der Waals surface area (Å²) >= 11 is 0. The minimum atomic E-state index is -1.52. The number of halogens is 2. The van der Waals surface area contributed by atoms with Gasteiger partial charge in [0.25, 0.3) is 0 Å². The van der Waals surface area contributed by atoms with Crippen LogP contribution in [0.5, 0.6) is 0 Å². The Kier molecular flexibility index (Phi) is 3.34. The predicted octanol–water partition coefficient (Wildman–Crippen LogP) is 2.47. The average Bonchev–Trinajstić information content (AvgIpc) is 2.27. The molecule has 74 valence electrons. The molecule has 2 nitrogen and oxygen atoms in total. The molecule has 1 aromatic rings. The van der Waals surface area contributed by atoms with Crippen molar-refractivity contribution in [3.63, 3.8) is 0 Å². The third kappa shape index (κ3) is 2.16. The molecular weight excluding hydrogens is 190 g/mol. The van der Waals surface area contributed by atoms with Crippen LogP contribution in [0, 0.1) is 0 Å². The van der Waals surface area contributed by atoms with Gasteiger partial charge in [0.1, 0.15) is 0 Å². The lowest BCUT2D eigenvalue weighted by atomic mass is 10.2. The van der Waals surface area contributed by atoms with Crippen molar-refractivity contribution in [1.82, 2.24) is 0 Å². The summed E-state index contributed by atoms with van der Waals surface area (Å²) in [6.45, 7) is 0. The zero-order chi connectivity index (χ0) is 10.6. The van der Waals surface area contributed by atoms with Crippen LogP contribution in [0.4, 0.5) is 8.78 Å². The van der Waals surface area contributed by atoms with Crippen molar-refractivity contribution >= 4 is 11.8 Å². The van der Waals surface area contributed by atoms with Crippen LogP contribution in [-0.4, -0.2) is 13.1 Å². The van der Waals surface area contributed by atoms with Crippen molar-refractivity contribution in [3.05, 3.63) is 41.7 Å². The topological polar surface area (TPSA) is 26.3 Å². The maximum Gasteiger partial charge on any atom is 0.370 e. The maximum atomic E-state index is 13.2. The number of esters is 1. The Bertz CT molecular complexity index is 358. The minimum absolute atomic E-state index is 0.00963. The Balaban J connectivity index is 3.05. The van der Waals surface area contributed by atoms with Gasteiger partial charge in [-0.05, 0) is 0 Å². The second-order valence-corrected chi connectivity index (χ2v) is 2.49. The third-order valence-electron chi connectivity index (χ3n) is 1.58. The Morgan fingerprint density at radius 1 is 1.21 bits per heavy atom. The molecule has 0 radical (unpaired) electrons. The molecule has 14 heavy (non-hydrogen) atoms. The number of rotatable bonds is 2. The number of hydrogen-bond donors (Lipinski definition) is 0. The van der Waals surface area contributed by atoms with Crippen molar-refractivity contribution in [2.75, 3.05) is 7.11 Å². The zero-order valence-electron chi connectivity index (χ0n) is 7.46. The van der Waals surface area contributed by atoms with Crippen LogP contribution >= 0.6 is 0 Å². The molecule has 0 aliphatic carbocycles. The molecule has 0 aromatic heterocycles. The molecule has 0 amide bonds. The summed E-state index contributed by atoms with van der Waals surface area (Å²) in [5.74, 6) is -4.04. The lowest BCUT2D eigenvalue weighted by molar-refractivity contribution is -0.137. The Labute approximate surface area is 79.8 Å². The Hall–Kier alpha value is -1.71. The summed E-state index contributed by atoms with van der Waals surface area (Å²) in [7, 11) is 0.986. The molecule has 0 heterocycles. The summed E-state index contributed by atoms with van der Waals surface area (Å²) < 4.78 is 30.1. The SMILES string of the molecule is COC(=O)C(F)=C(F)c1ccccc1. The van der Waals surface area contributed by atoms with E-state index < -0.39 is 17.6 Å². The highest BCUT2D eigenvalue weighted by molar-refractivity contribution is 5.93. The molecule has 0 atom stereocenters. The highest BCUT2D eigenvalue weighted by atomic mass is 19.2. The fourth-order valence-corrected chi connectivity index (χ4v) is 0.890. The molecule has 0 saturated carbocycles. The molecule has 0 unspecified atom stereocenters. The lowest BCUT2D eigenvalue weighted by Gasteiger charge is -1.99. The average molecular weight is 198 g/mol. The molecule has 1 rings (SSSR count). The van der Waals surface area contributed by atoms with Crippen molar-refractivity contribution in [3.8, 4) is 0 Å². The molecule has 0 aliphatic heterocycles. The highest BCUT2D eigenvalue weighted by Crippen LogP contribution is 2.21. The van der Waals surface area contributed by atoms with Crippen LogP contribution in [-0.2, 0) is 9.53 Å². The molecule has 0 spiro atoms. The highest BCUT2D eigenvalue weighted by Gasteiger charge is 2.16. The lowest BCUT2D eigenvalue weighted by Crippen LogP contribution is -2.02. The van der Waals surface area contributed by atoms with Gasteiger partial charge in [0.05, 0.1) is 7.11 Å². The van der Waals surface area contributed by atoms with Gasteiger partial charge in [0, 0.05) is 5.56 Å². The second kappa shape index (κ2) is 4.50. The van der Waals surface area contributed by atoms with E-state index in [1.54, 1.807) is 18.2 Å². The summed E-state index contributed by atoms with van der Waals surface area (Å²) in [4.78, 5) is 10.6. The van der Waals surface area contributed by atoms with Gasteiger partial charge >= 0.3 is 5.97 Å². The number of ether oxygens (including phenoxy) is 1. The molecule has 0 aliphatic rings. The fraction of sp³-hybridized carbons (Fsp3) is 0.100. The van der Waals surface area contributed by atoms with Crippen molar-refractivity contribution in [1.29, 1.82) is 0 Å². The smallest absolute Gasteiger partial charge is 0.370 e. The minimum Gasteiger partial charge on any atom is -0.464 e. The van der Waals surface area contributed by atoms with Gasteiger partial charge in [0.2, 0.25) is 5.83 Å². The Morgan fingerprint density at radius 3 is 2.29 bits per heavy atom. The van der Waals surface area contributed by atoms with E-state index >= 15 is 0 Å². The monoisotopic (exact) mass is 198 g/mol. The predicted molar refractivity (Wildman–Crippen MR) is 47.6 cm³/mol. The van der Waals surface area contributed by atoms with E-state index in [2.05, 4.69) is 4.74 Å². The van der Waals surface area contributed by atoms with Crippen molar-refractivity contribution in [2.24, 2.45) is 0 Å². The first kappa shape index (κ1) is 10.4. The van der Waals surface area contributed by atoms with Crippen LogP contribution in [0.25, 0.3) is 5.83 Å². The first-order valence-corrected chi connectivity index (χ1v) is 3.86. The Morgan fingerprint density at radius 2 is 1.79 bits per heavy atom. The summed E-state index contributed by atoms with van der Waals surface area (Å²) in [5, 5.41) is 0. The maximum absolute atomic E-state index is 13.2. The molecule has 1 aromatic carbocycles. The van der Waals surface area contributed by atoms with Gasteiger partial charge in [-0.15, -0.1) is 0 Å². The van der Waals surface area contributed by atoms with Crippen LogP contribution in [0.1, 0.15) is 5.56 Å². The van der Waals surface area contributed by atoms with Gasteiger partial charge < -0.3 is 4.74 Å². The number of methoxy groups -OCH3 is 1. The van der Waals surface area contributed by atoms with Gasteiger partial charge in [-0.2, -0.15) is 4.39 Å². The van der Waals surface area contributed by atoms with Crippen LogP contribution in [0.3, 0.4) is 0 Å². The van der Waals surface area contributed by atoms with E-state index in [0.29, 0.717) is 0 Å². The molecule has 0 fully saturated rings. The summed E-state index contributed by atoms with van der Waals surface area (Å²) in [5.41, 5.74) is 0.00963. The molecular formula is C10H8F2O2. The van der Waals surface area contributed by atoms with Crippen LogP contribution in [0.2, 0.25) is 0 Å². The molecule has 4 heteroatoms. The number of hydrogen-bond acceptors (Lipinski definition) is 2. The van der Waals surface area contributed by atoms with E-state index in [1.807, 2.05) is 0 Å². The van der Waals surface area contributed by atoms with E-state index in [9.17, 15) is 13.6 Å². The number of benzene rings is 1. The third-order valence-corrected chi connectivity index (χ3v) is 1.58. The van der Waals surface area contributed by atoms with E-state index in [0.717, 1.165) is 7.11 Å². The van der Waals surface area contributed by atoms with Crippen molar-refractivity contribution < 1.29 is 18.3 Å². The molecule has 0 saturated heterocycles. The van der Waals surface area contributed by atoms with Crippen molar-refractivity contribution in [2.45, 2.75) is 0 Å². The van der Waals surface area contributed by atoms with Gasteiger partial charge in [-0.1, -0.05) is 30.3 Å². The molecule has 0 bridgehead atoms. The van der Waals surface area contributed by atoms with Gasteiger partial charge in [-0.3, -0.25) is 0 Å². The molecule has 0 N–H and O–H groups in total. The van der Waals surface area contributed by atoms with E-state index in [4.69, 9.17) is 0 Å². The fourth-order valence-electron chi connectivity index (χ4n) is 0.890. The first-order valence-electron chi connectivity index (χ1n) is 3.86. The summed E-state index contributed by atoms with van der Waals surface area (Å²) in [6, 6.07) is 7.46. The second-order valence-electron chi connectivity index (χ2n) is 2.49. The first-order chi connectivity index (χ1) is 6.66.